The Hall–Kier alpha value is -0.830. The standard InChI is InChI=1S/C11H19N3/c1-9-13-8-11(14-9)7-12-6-2-3-10-4-5-10/h8,10,12H,2-7H2,1H3,(H,13,14). The van der Waals surface area contributed by atoms with Crippen LogP contribution in [0.25, 0.3) is 0 Å². The molecule has 78 valence electrons. The molecule has 2 N–H and O–H groups in total. The van der Waals surface area contributed by atoms with Gasteiger partial charge in [0.15, 0.2) is 0 Å². The number of imidazole rings is 1. The first-order valence-corrected chi connectivity index (χ1v) is 5.56. The Bertz CT molecular complexity index is 276. The molecule has 1 fully saturated rings. The van der Waals surface area contributed by atoms with E-state index in [1.54, 1.807) is 0 Å². The molecule has 1 aliphatic carbocycles. The van der Waals surface area contributed by atoms with E-state index in [9.17, 15) is 0 Å². The Morgan fingerprint density at radius 3 is 3.07 bits per heavy atom. The fraction of sp³-hybridized carbons (Fsp3) is 0.727. The van der Waals surface area contributed by atoms with Crippen molar-refractivity contribution in [2.45, 2.75) is 39.2 Å². The monoisotopic (exact) mass is 193 g/mol. The van der Waals surface area contributed by atoms with Crippen LogP contribution in [-0.4, -0.2) is 16.5 Å². The van der Waals surface area contributed by atoms with E-state index >= 15 is 0 Å². The minimum absolute atomic E-state index is 0.922. The summed E-state index contributed by atoms with van der Waals surface area (Å²) in [6.45, 7) is 4.04. The van der Waals surface area contributed by atoms with Crippen molar-refractivity contribution in [2.24, 2.45) is 5.92 Å². The number of nitrogens with zero attached hydrogens (tertiary/aromatic N) is 1. The van der Waals surface area contributed by atoms with E-state index in [-0.39, 0.29) is 0 Å². The first kappa shape index (κ1) is 9.71. The van der Waals surface area contributed by atoms with Crippen molar-refractivity contribution in [3.63, 3.8) is 0 Å². The average molecular weight is 193 g/mol. The fourth-order valence-corrected chi connectivity index (χ4v) is 1.71. The lowest BCUT2D eigenvalue weighted by Crippen LogP contribution is -2.15. The van der Waals surface area contributed by atoms with Crippen molar-refractivity contribution in [3.8, 4) is 0 Å². The zero-order chi connectivity index (χ0) is 9.80. The van der Waals surface area contributed by atoms with Gasteiger partial charge in [-0.05, 0) is 32.2 Å². The molecule has 14 heavy (non-hydrogen) atoms. The Balaban J connectivity index is 1.53. The van der Waals surface area contributed by atoms with Crippen LogP contribution >= 0.6 is 0 Å². The normalized spacial score (nSPS) is 16.1. The number of H-pyrrole nitrogens is 1. The number of rotatable bonds is 6. The van der Waals surface area contributed by atoms with Gasteiger partial charge >= 0.3 is 0 Å². The molecule has 0 amide bonds. The maximum Gasteiger partial charge on any atom is 0.103 e. The number of hydrogen-bond donors (Lipinski definition) is 2. The Morgan fingerprint density at radius 2 is 2.43 bits per heavy atom. The molecule has 0 atom stereocenters. The van der Waals surface area contributed by atoms with Crippen LogP contribution in [0.5, 0.6) is 0 Å². The highest BCUT2D eigenvalue weighted by Gasteiger charge is 2.19. The van der Waals surface area contributed by atoms with E-state index < -0.39 is 0 Å². The van der Waals surface area contributed by atoms with Crippen LogP contribution in [0.2, 0.25) is 0 Å². The van der Waals surface area contributed by atoms with E-state index in [4.69, 9.17) is 0 Å². The summed E-state index contributed by atoms with van der Waals surface area (Å²) in [5.41, 5.74) is 1.19. The van der Waals surface area contributed by atoms with Gasteiger partial charge in [0.25, 0.3) is 0 Å². The van der Waals surface area contributed by atoms with Gasteiger partial charge in [0.05, 0.1) is 0 Å². The van der Waals surface area contributed by atoms with Crippen LogP contribution in [0.1, 0.15) is 37.2 Å². The molecule has 1 aromatic rings. The van der Waals surface area contributed by atoms with E-state index in [0.717, 1.165) is 24.8 Å². The highest BCUT2D eigenvalue weighted by Crippen LogP contribution is 2.33. The maximum absolute atomic E-state index is 4.16. The number of aromatic amines is 1. The topological polar surface area (TPSA) is 40.7 Å². The van der Waals surface area contributed by atoms with E-state index in [2.05, 4.69) is 15.3 Å². The molecule has 0 radical (unpaired) electrons. The van der Waals surface area contributed by atoms with Gasteiger partial charge in [-0.25, -0.2) is 4.98 Å². The molecule has 3 heteroatoms. The second-order valence-corrected chi connectivity index (χ2v) is 4.26. The molecule has 0 aromatic carbocycles. The molecular weight excluding hydrogens is 174 g/mol. The summed E-state index contributed by atoms with van der Waals surface area (Å²) in [6.07, 6.45) is 7.58. The third kappa shape index (κ3) is 3.14. The smallest absolute Gasteiger partial charge is 0.103 e. The summed E-state index contributed by atoms with van der Waals surface area (Å²) in [7, 11) is 0. The molecule has 0 saturated heterocycles. The quantitative estimate of drug-likeness (QED) is 0.678. The molecule has 1 aromatic heterocycles. The number of aryl methyl sites for hydroxylation is 1. The molecule has 0 aliphatic heterocycles. The molecule has 1 saturated carbocycles. The van der Waals surface area contributed by atoms with Gasteiger partial charge in [0, 0.05) is 18.4 Å². The second-order valence-electron chi connectivity index (χ2n) is 4.26. The third-order valence-electron chi connectivity index (χ3n) is 2.73. The molecule has 0 spiro atoms. The summed E-state index contributed by atoms with van der Waals surface area (Å²) < 4.78 is 0. The van der Waals surface area contributed by atoms with E-state index in [1.807, 2.05) is 13.1 Å². The highest BCUT2D eigenvalue weighted by molar-refractivity contribution is 4.99. The van der Waals surface area contributed by atoms with Gasteiger partial charge in [0.1, 0.15) is 5.82 Å². The lowest BCUT2D eigenvalue weighted by atomic mass is 10.2. The fourth-order valence-electron chi connectivity index (χ4n) is 1.71. The molecule has 1 aliphatic rings. The van der Waals surface area contributed by atoms with Gasteiger partial charge in [-0.2, -0.15) is 0 Å². The Morgan fingerprint density at radius 1 is 1.57 bits per heavy atom. The van der Waals surface area contributed by atoms with Crippen molar-refractivity contribution in [1.82, 2.24) is 15.3 Å². The average Bonchev–Trinajstić information content (AvgIpc) is 2.89. The molecule has 1 heterocycles. The predicted octanol–water partition coefficient (Wildman–Crippen LogP) is 2.00. The van der Waals surface area contributed by atoms with E-state index in [1.165, 1.54) is 31.4 Å². The van der Waals surface area contributed by atoms with Gasteiger partial charge in [0.2, 0.25) is 0 Å². The predicted molar refractivity (Wildman–Crippen MR) is 57.0 cm³/mol. The minimum atomic E-state index is 0.922. The Kier molecular flexibility index (Phi) is 3.19. The number of hydrogen-bond acceptors (Lipinski definition) is 2. The SMILES string of the molecule is Cc1ncc(CNCCCC2CC2)[nH]1. The molecule has 0 unspecified atom stereocenters. The van der Waals surface area contributed by atoms with Gasteiger partial charge in [-0.15, -0.1) is 0 Å². The zero-order valence-corrected chi connectivity index (χ0v) is 8.84. The highest BCUT2D eigenvalue weighted by atomic mass is 14.9. The van der Waals surface area contributed by atoms with Crippen LogP contribution in [0.15, 0.2) is 6.20 Å². The molecule has 3 nitrogen and oxygen atoms in total. The first-order valence-electron chi connectivity index (χ1n) is 5.56. The number of aromatic nitrogens is 2. The lowest BCUT2D eigenvalue weighted by molar-refractivity contribution is 0.590. The van der Waals surface area contributed by atoms with Crippen molar-refractivity contribution in [2.75, 3.05) is 6.54 Å². The Labute approximate surface area is 85.3 Å². The first-order chi connectivity index (χ1) is 6.84. The van der Waals surface area contributed by atoms with Crippen LogP contribution in [0.3, 0.4) is 0 Å². The van der Waals surface area contributed by atoms with Gasteiger partial charge in [-0.3, -0.25) is 0 Å². The van der Waals surface area contributed by atoms with Crippen LogP contribution in [-0.2, 0) is 6.54 Å². The van der Waals surface area contributed by atoms with Crippen molar-refractivity contribution < 1.29 is 0 Å². The summed E-state index contributed by atoms with van der Waals surface area (Å²) in [5, 5.41) is 3.43. The second kappa shape index (κ2) is 4.60. The van der Waals surface area contributed by atoms with E-state index in [0.29, 0.717) is 0 Å². The molecule has 2 rings (SSSR count). The molecular formula is C11H19N3. The summed E-state index contributed by atoms with van der Waals surface area (Å²) >= 11 is 0. The van der Waals surface area contributed by atoms with Gasteiger partial charge < -0.3 is 10.3 Å². The third-order valence-corrected chi connectivity index (χ3v) is 2.73. The maximum atomic E-state index is 4.16. The van der Waals surface area contributed by atoms with Crippen molar-refractivity contribution in [1.29, 1.82) is 0 Å². The van der Waals surface area contributed by atoms with Gasteiger partial charge in [-0.1, -0.05) is 12.8 Å². The van der Waals surface area contributed by atoms with Crippen LogP contribution < -0.4 is 5.32 Å². The summed E-state index contributed by atoms with van der Waals surface area (Å²) in [6, 6.07) is 0. The zero-order valence-electron chi connectivity index (χ0n) is 8.84. The summed E-state index contributed by atoms with van der Waals surface area (Å²) in [4.78, 5) is 7.37. The lowest BCUT2D eigenvalue weighted by Gasteiger charge is -2.01. The minimum Gasteiger partial charge on any atom is -0.345 e. The van der Waals surface area contributed by atoms with Crippen LogP contribution in [0, 0.1) is 12.8 Å². The van der Waals surface area contributed by atoms with Crippen molar-refractivity contribution in [3.05, 3.63) is 17.7 Å². The summed E-state index contributed by atoms with van der Waals surface area (Å²) in [5.74, 6) is 2.06. The number of nitrogens with one attached hydrogen (secondary N) is 2. The molecule has 0 bridgehead atoms. The van der Waals surface area contributed by atoms with Crippen molar-refractivity contribution >= 4 is 0 Å². The van der Waals surface area contributed by atoms with Crippen LogP contribution in [0.4, 0.5) is 0 Å². The largest absolute Gasteiger partial charge is 0.345 e.